The number of hydrogen-bond donors (Lipinski definition) is 1. The van der Waals surface area contributed by atoms with Crippen molar-refractivity contribution < 1.29 is 14.3 Å². The SMILES string of the molecule is CC(Nc1ccc(F)c(Cl)c1)C(=O)[O-]. The number of nitrogens with one attached hydrogen (secondary N) is 1. The molecule has 0 saturated heterocycles. The van der Waals surface area contributed by atoms with E-state index < -0.39 is 17.8 Å². The van der Waals surface area contributed by atoms with E-state index in [-0.39, 0.29) is 5.02 Å². The maximum absolute atomic E-state index is 12.7. The lowest BCUT2D eigenvalue weighted by molar-refractivity contribution is -0.306. The van der Waals surface area contributed by atoms with Crippen LogP contribution in [-0.2, 0) is 4.79 Å². The Morgan fingerprint density at radius 1 is 1.64 bits per heavy atom. The molecule has 0 aromatic heterocycles. The van der Waals surface area contributed by atoms with Gasteiger partial charge in [-0.1, -0.05) is 11.6 Å². The van der Waals surface area contributed by atoms with Crippen molar-refractivity contribution in [2.75, 3.05) is 5.32 Å². The normalized spacial score (nSPS) is 12.2. The number of halogens is 2. The van der Waals surface area contributed by atoms with Gasteiger partial charge in [-0.2, -0.15) is 0 Å². The van der Waals surface area contributed by atoms with Crippen LogP contribution in [0.2, 0.25) is 5.02 Å². The van der Waals surface area contributed by atoms with E-state index in [1.807, 2.05) is 0 Å². The highest BCUT2D eigenvalue weighted by atomic mass is 35.5. The lowest BCUT2D eigenvalue weighted by Gasteiger charge is -2.15. The van der Waals surface area contributed by atoms with E-state index in [0.717, 1.165) is 6.07 Å². The summed E-state index contributed by atoms with van der Waals surface area (Å²) in [5.41, 5.74) is 0.438. The fourth-order valence-electron chi connectivity index (χ4n) is 0.895. The van der Waals surface area contributed by atoms with Gasteiger partial charge in [0.2, 0.25) is 0 Å². The molecule has 0 radical (unpaired) electrons. The van der Waals surface area contributed by atoms with Gasteiger partial charge >= 0.3 is 0 Å². The zero-order valence-electron chi connectivity index (χ0n) is 7.38. The fraction of sp³-hybridized carbons (Fsp3) is 0.222. The third kappa shape index (κ3) is 2.60. The average molecular weight is 217 g/mol. The highest BCUT2D eigenvalue weighted by molar-refractivity contribution is 6.31. The molecule has 3 nitrogen and oxygen atoms in total. The molecule has 76 valence electrons. The lowest BCUT2D eigenvalue weighted by atomic mass is 10.2. The molecule has 1 aromatic carbocycles. The zero-order chi connectivity index (χ0) is 10.7. The second-order valence-corrected chi connectivity index (χ2v) is 3.22. The van der Waals surface area contributed by atoms with Gasteiger partial charge < -0.3 is 15.2 Å². The van der Waals surface area contributed by atoms with Gasteiger partial charge in [0.1, 0.15) is 5.82 Å². The van der Waals surface area contributed by atoms with Gasteiger partial charge in [-0.25, -0.2) is 4.39 Å². The number of carbonyl (C=O) groups excluding carboxylic acids is 1. The topological polar surface area (TPSA) is 52.2 Å². The summed E-state index contributed by atoms with van der Waals surface area (Å²) in [6.07, 6.45) is 0. The third-order valence-electron chi connectivity index (χ3n) is 1.66. The molecule has 0 aliphatic carbocycles. The number of rotatable bonds is 3. The van der Waals surface area contributed by atoms with E-state index in [2.05, 4.69) is 5.32 Å². The molecule has 14 heavy (non-hydrogen) atoms. The predicted octanol–water partition coefficient (Wildman–Crippen LogP) is 1.03. The predicted molar refractivity (Wildman–Crippen MR) is 49.5 cm³/mol. The summed E-state index contributed by atoms with van der Waals surface area (Å²) in [6.45, 7) is 1.42. The van der Waals surface area contributed by atoms with Crippen LogP contribution in [0.5, 0.6) is 0 Å². The number of benzene rings is 1. The third-order valence-corrected chi connectivity index (χ3v) is 1.95. The molecule has 0 amide bonds. The van der Waals surface area contributed by atoms with E-state index in [1.54, 1.807) is 0 Å². The second-order valence-electron chi connectivity index (χ2n) is 2.81. The summed E-state index contributed by atoms with van der Waals surface area (Å²) < 4.78 is 12.7. The summed E-state index contributed by atoms with van der Waals surface area (Å²) in [4.78, 5) is 10.4. The molecule has 0 heterocycles. The highest BCUT2D eigenvalue weighted by Gasteiger charge is 2.04. The Morgan fingerprint density at radius 3 is 2.79 bits per heavy atom. The Kier molecular flexibility index (Phi) is 3.30. The first-order valence-electron chi connectivity index (χ1n) is 3.93. The van der Waals surface area contributed by atoms with Gasteiger partial charge in [0.15, 0.2) is 0 Å². The van der Waals surface area contributed by atoms with Gasteiger partial charge in [-0.15, -0.1) is 0 Å². The number of aliphatic carboxylic acids is 1. The zero-order valence-corrected chi connectivity index (χ0v) is 8.14. The van der Waals surface area contributed by atoms with E-state index in [9.17, 15) is 14.3 Å². The van der Waals surface area contributed by atoms with Crippen LogP contribution in [0.15, 0.2) is 18.2 Å². The minimum Gasteiger partial charge on any atom is -0.548 e. The van der Waals surface area contributed by atoms with E-state index >= 15 is 0 Å². The van der Waals surface area contributed by atoms with Crippen molar-refractivity contribution in [2.45, 2.75) is 13.0 Å². The van der Waals surface area contributed by atoms with Gasteiger partial charge in [-0.3, -0.25) is 0 Å². The fourth-order valence-corrected chi connectivity index (χ4v) is 1.08. The number of carboxylic acids is 1. The molecule has 0 bridgehead atoms. The standard InChI is InChI=1S/C9H9ClFNO2/c1-5(9(13)14)12-6-2-3-8(11)7(10)4-6/h2-5,12H,1H3,(H,13,14)/p-1. The number of hydrogen-bond acceptors (Lipinski definition) is 3. The summed E-state index contributed by atoms with van der Waals surface area (Å²) in [6, 6.07) is 3.03. The van der Waals surface area contributed by atoms with Crippen molar-refractivity contribution in [2.24, 2.45) is 0 Å². The Labute approximate surface area is 85.5 Å². The smallest absolute Gasteiger partial charge is 0.141 e. The van der Waals surface area contributed by atoms with E-state index in [0.29, 0.717) is 5.69 Å². The van der Waals surface area contributed by atoms with Crippen molar-refractivity contribution in [3.05, 3.63) is 29.0 Å². The highest BCUT2D eigenvalue weighted by Crippen LogP contribution is 2.19. The summed E-state index contributed by atoms with van der Waals surface area (Å²) >= 11 is 5.50. The summed E-state index contributed by atoms with van der Waals surface area (Å²) in [7, 11) is 0. The van der Waals surface area contributed by atoms with Crippen LogP contribution in [0.3, 0.4) is 0 Å². The molecule has 1 rings (SSSR count). The van der Waals surface area contributed by atoms with Crippen LogP contribution in [0.25, 0.3) is 0 Å². The van der Waals surface area contributed by atoms with Crippen molar-refractivity contribution in [1.29, 1.82) is 0 Å². The number of anilines is 1. The second kappa shape index (κ2) is 4.28. The quantitative estimate of drug-likeness (QED) is 0.821. The molecular formula is C9H8ClFNO2-. The minimum absolute atomic E-state index is 0.0550. The van der Waals surface area contributed by atoms with Crippen LogP contribution < -0.4 is 10.4 Å². The molecule has 0 aliphatic rings. The largest absolute Gasteiger partial charge is 0.548 e. The van der Waals surface area contributed by atoms with E-state index in [1.165, 1.54) is 19.1 Å². The number of carboxylic acid groups (broad SMARTS) is 1. The lowest BCUT2D eigenvalue weighted by Crippen LogP contribution is -2.38. The van der Waals surface area contributed by atoms with E-state index in [4.69, 9.17) is 11.6 Å². The summed E-state index contributed by atoms with van der Waals surface area (Å²) in [5.74, 6) is -1.77. The van der Waals surface area contributed by atoms with Crippen molar-refractivity contribution in [3.8, 4) is 0 Å². The average Bonchev–Trinajstić information content (AvgIpc) is 2.11. The monoisotopic (exact) mass is 216 g/mol. The Hall–Kier alpha value is -1.29. The van der Waals surface area contributed by atoms with Crippen LogP contribution in [0, 0.1) is 5.82 Å². The first kappa shape index (κ1) is 10.8. The summed E-state index contributed by atoms with van der Waals surface area (Å²) in [5, 5.41) is 12.9. The Bertz CT molecular complexity index is 357. The van der Waals surface area contributed by atoms with Crippen molar-refractivity contribution >= 4 is 23.3 Å². The van der Waals surface area contributed by atoms with Crippen LogP contribution in [-0.4, -0.2) is 12.0 Å². The maximum atomic E-state index is 12.7. The van der Waals surface area contributed by atoms with Gasteiger partial charge in [0.25, 0.3) is 0 Å². The number of carbonyl (C=O) groups is 1. The molecular weight excluding hydrogens is 209 g/mol. The first-order chi connectivity index (χ1) is 6.50. The molecule has 5 heteroatoms. The molecule has 1 N–H and O–H groups in total. The van der Waals surface area contributed by atoms with Gasteiger partial charge in [-0.05, 0) is 25.1 Å². The molecule has 0 spiro atoms. The molecule has 0 aliphatic heterocycles. The molecule has 0 saturated carbocycles. The molecule has 1 aromatic rings. The molecule has 1 atom stereocenters. The van der Waals surface area contributed by atoms with Crippen LogP contribution in [0.1, 0.15) is 6.92 Å². The molecule has 0 fully saturated rings. The van der Waals surface area contributed by atoms with Gasteiger partial charge in [0.05, 0.1) is 17.0 Å². The van der Waals surface area contributed by atoms with Crippen LogP contribution in [0.4, 0.5) is 10.1 Å². The Balaban J connectivity index is 2.78. The Morgan fingerprint density at radius 2 is 2.29 bits per heavy atom. The van der Waals surface area contributed by atoms with Crippen molar-refractivity contribution in [1.82, 2.24) is 0 Å². The van der Waals surface area contributed by atoms with Crippen molar-refractivity contribution in [3.63, 3.8) is 0 Å². The maximum Gasteiger partial charge on any atom is 0.141 e. The van der Waals surface area contributed by atoms with Crippen LogP contribution >= 0.6 is 11.6 Å². The molecule has 1 unspecified atom stereocenters. The minimum atomic E-state index is -1.23. The van der Waals surface area contributed by atoms with Gasteiger partial charge in [0, 0.05) is 5.69 Å². The first-order valence-corrected chi connectivity index (χ1v) is 4.31.